The van der Waals surface area contributed by atoms with Gasteiger partial charge in [0.25, 0.3) is 0 Å². The molecule has 0 radical (unpaired) electrons. The molecule has 1 heterocycles. The topological polar surface area (TPSA) is 55.4 Å². The van der Waals surface area contributed by atoms with Crippen LogP contribution in [0.15, 0.2) is 54.6 Å². The highest BCUT2D eigenvalue weighted by Gasteiger charge is 2.29. The first kappa shape index (κ1) is 17.5. The number of carbonyl (C=O) groups excluding carboxylic acids is 2. The molecule has 27 heavy (non-hydrogen) atoms. The molecule has 0 aliphatic heterocycles. The SMILES string of the molecule is COC(=O)c1c(NC(=O)Cc2ccccc2)sc2c1CCc1ccccc1-2. The minimum absolute atomic E-state index is 0.141. The Bertz CT molecular complexity index is 1010. The molecule has 2 aromatic carbocycles. The third-order valence-electron chi connectivity index (χ3n) is 4.76. The molecule has 1 aliphatic carbocycles. The Morgan fingerprint density at radius 2 is 1.78 bits per heavy atom. The van der Waals surface area contributed by atoms with Crippen LogP contribution in [-0.4, -0.2) is 19.0 Å². The summed E-state index contributed by atoms with van der Waals surface area (Å²) in [6.45, 7) is 0. The van der Waals surface area contributed by atoms with Crippen LogP contribution in [-0.2, 0) is 28.8 Å². The number of anilines is 1. The van der Waals surface area contributed by atoms with E-state index in [0.29, 0.717) is 10.6 Å². The van der Waals surface area contributed by atoms with Gasteiger partial charge in [-0.25, -0.2) is 4.79 Å². The van der Waals surface area contributed by atoms with Crippen molar-refractivity contribution >= 4 is 28.2 Å². The molecule has 0 saturated carbocycles. The molecule has 1 amide bonds. The van der Waals surface area contributed by atoms with Crippen molar-refractivity contribution in [3.63, 3.8) is 0 Å². The number of benzene rings is 2. The normalized spacial score (nSPS) is 12.0. The Labute approximate surface area is 161 Å². The summed E-state index contributed by atoms with van der Waals surface area (Å²) in [6, 6.07) is 17.8. The highest BCUT2D eigenvalue weighted by atomic mass is 32.1. The number of hydrogen-bond acceptors (Lipinski definition) is 4. The highest BCUT2D eigenvalue weighted by Crippen LogP contribution is 2.45. The van der Waals surface area contributed by atoms with E-state index in [1.807, 2.05) is 42.5 Å². The third kappa shape index (κ3) is 3.38. The zero-order valence-corrected chi connectivity index (χ0v) is 15.8. The second-order valence-corrected chi connectivity index (χ2v) is 7.49. The smallest absolute Gasteiger partial charge is 0.341 e. The lowest BCUT2D eigenvalue weighted by atomic mass is 9.89. The van der Waals surface area contributed by atoms with Gasteiger partial charge in [-0.2, -0.15) is 0 Å². The Morgan fingerprint density at radius 3 is 2.56 bits per heavy atom. The number of carbonyl (C=O) groups is 2. The van der Waals surface area contributed by atoms with Gasteiger partial charge < -0.3 is 10.1 Å². The molecule has 0 saturated heterocycles. The van der Waals surface area contributed by atoms with Crippen molar-refractivity contribution in [1.82, 2.24) is 0 Å². The zero-order valence-electron chi connectivity index (χ0n) is 15.0. The number of ether oxygens (including phenoxy) is 1. The van der Waals surface area contributed by atoms with Crippen LogP contribution in [0.5, 0.6) is 0 Å². The van der Waals surface area contributed by atoms with Crippen molar-refractivity contribution < 1.29 is 14.3 Å². The van der Waals surface area contributed by atoms with E-state index in [2.05, 4.69) is 17.4 Å². The number of esters is 1. The molecule has 0 atom stereocenters. The van der Waals surface area contributed by atoms with Crippen LogP contribution < -0.4 is 5.32 Å². The van der Waals surface area contributed by atoms with Gasteiger partial charge in [0, 0.05) is 4.88 Å². The fraction of sp³-hybridized carbons (Fsp3) is 0.182. The van der Waals surface area contributed by atoms with Gasteiger partial charge in [-0.1, -0.05) is 54.6 Å². The van der Waals surface area contributed by atoms with Crippen LogP contribution in [0.2, 0.25) is 0 Å². The maximum atomic E-state index is 12.5. The number of hydrogen-bond donors (Lipinski definition) is 1. The number of fused-ring (bicyclic) bond motifs is 3. The highest BCUT2D eigenvalue weighted by molar-refractivity contribution is 7.20. The van der Waals surface area contributed by atoms with Crippen molar-refractivity contribution in [1.29, 1.82) is 0 Å². The Hall–Kier alpha value is -2.92. The van der Waals surface area contributed by atoms with Crippen molar-refractivity contribution in [3.8, 4) is 10.4 Å². The number of rotatable bonds is 4. The summed E-state index contributed by atoms with van der Waals surface area (Å²) in [4.78, 5) is 26.0. The molecule has 1 N–H and O–H groups in total. The van der Waals surface area contributed by atoms with E-state index in [1.54, 1.807) is 0 Å². The zero-order chi connectivity index (χ0) is 18.8. The van der Waals surface area contributed by atoms with E-state index in [4.69, 9.17) is 4.74 Å². The van der Waals surface area contributed by atoms with Crippen LogP contribution in [0.25, 0.3) is 10.4 Å². The van der Waals surface area contributed by atoms with E-state index in [1.165, 1.54) is 24.0 Å². The standard InChI is InChI=1S/C22H19NO3S/c1-26-22(25)19-17-12-11-15-9-5-6-10-16(15)20(17)27-21(19)23-18(24)13-14-7-3-2-4-8-14/h2-10H,11-13H2,1H3,(H,23,24). The van der Waals surface area contributed by atoms with Crippen molar-refractivity contribution in [2.45, 2.75) is 19.3 Å². The maximum Gasteiger partial charge on any atom is 0.341 e. The largest absolute Gasteiger partial charge is 0.465 e. The molecule has 1 aliphatic rings. The van der Waals surface area contributed by atoms with E-state index < -0.39 is 5.97 Å². The lowest BCUT2D eigenvalue weighted by Crippen LogP contribution is -2.16. The van der Waals surface area contributed by atoms with Crippen LogP contribution >= 0.6 is 11.3 Å². The van der Waals surface area contributed by atoms with Gasteiger partial charge in [-0.15, -0.1) is 11.3 Å². The molecular weight excluding hydrogens is 358 g/mol. The number of nitrogens with one attached hydrogen (secondary N) is 1. The van der Waals surface area contributed by atoms with Crippen molar-refractivity contribution in [3.05, 3.63) is 76.9 Å². The van der Waals surface area contributed by atoms with Gasteiger partial charge in [0.15, 0.2) is 0 Å². The molecule has 136 valence electrons. The molecular formula is C22H19NO3S. The molecule has 0 bridgehead atoms. The Kier molecular flexibility index (Phi) is 4.77. The van der Waals surface area contributed by atoms with E-state index >= 15 is 0 Å². The van der Waals surface area contributed by atoms with Crippen LogP contribution in [0.4, 0.5) is 5.00 Å². The van der Waals surface area contributed by atoms with Gasteiger partial charge in [0.05, 0.1) is 19.1 Å². The molecule has 4 nitrogen and oxygen atoms in total. The summed E-state index contributed by atoms with van der Waals surface area (Å²) >= 11 is 1.45. The first-order chi connectivity index (χ1) is 13.2. The number of amides is 1. The molecule has 5 heteroatoms. The van der Waals surface area contributed by atoms with Gasteiger partial charge >= 0.3 is 5.97 Å². The molecule has 1 aromatic heterocycles. The summed E-state index contributed by atoms with van der Waals surface area (Å²) in [5, 5.41) is 3.51. The summed E-state index contributed by atoms with van der Waals surface area (Å²) in [6.07, 6.45) is 1.91. The first-order valence-corrected chi connectivity index (χ1v) is 9.65. The third-order valence-corrected chi connectivity index (χ3v) is 5.94. The molecule has 4 rings (SSSR count). The molecule has 0 fully saturated rings. The number of thiophene rings is 1. The first-order valence-electron chi connectivity index (χ1n) is 8.83. The van der Waals surface area contributed by atoms with Gasteiger partial charge in [0.2, 0.25) is 5.91 Å². The van der Waals surface area contributed by atoms with Crippen LogP contribution in [0, 0.1) is 0 Å². The Morgan fingerprint density at radius 1 is 1.04 bits per heavy atom. The number of methoxy groups -OCH3 is 1. The average molecular weight is 377 g/mol. The second kappa shape index (κ2) is 7.37. The quantitative estimate of drug-likeness (QED) is 0.682. The second-order valence-electron chi connectivity index (χ2n) is 6.47. The van der Waals surface area contributed by atoms with Crippen molar-refractivity contribution in [2.24, 2.45) is 0 Å². The van der Waals surface area contributed by atoms with Gasteiger partial charge in [-0.3, -0.25) is 4.79 Å². The lowest BCUT2D eigenvalue weighted by Gasteiger charge is -2.16. The fourth-order valence-electron chi connectivity index (χ4n) is 3.50. The van der Waals surface area contributed by atoms with E-state index in [-0.39, 0.29) is 12.3 Å². The minimum atomic E-state index is -0.401. The summed E-state index contributed by atoms with van der Waals surface area (Å²) < 4.78 is 5.01. The monoisotopic (exact) mass is 377 g/mol. The van der Waals surface area contributed by atoms with Crippen molar-refractivity contribution in [2.75, 3.05) is 12.4 Å². The Balaban J connectivity index is 1.70. The lowest BCUT2D eigenvalue weighted by molar-refractivity contribution is -0.115. The molecule has 0 unspecified atom stereocenters. The fourth-order valence-corrected chi connectivity index (χ4v) is 4.81. The molecule has 0 spiro atoms. The average Bonchev–Trinajstić information content (AvgIpc) is 3.06. The van der Waals surface area contributed by atoms with E-state index in [0.717, 1.165) is 34.4 Å². The van der Waals surface area contributed by atoms with Gasteiger partial charge in [0.1, 0.15) is 5.00 Å². The number of aryl methyl sites for hydroxylation is 1. The predicted molar refractivity (Wildman–Crippen MR) is 107 cm³/mol. The summed E-state index contributed by atoms with van der Waals surface area (Å²) in [5.74, 6) is -0.542. The van der Waals surface area contributed by atoms with Crippen LogP contribution in [0.1, 0.15) is 27.0 Å². The van der Waals surface area contributed by atoms with E-state index in [9.17, 15) is 9.59 Å². The molecule has 3 aromatic rings. The van der Waals surface area contributed by atoms with Gasteiger partial charge in [-0.05, 0) is 35.1 Å². The maximum absolute atomic E-state index is 12.5. The minimum Gasteiger partial charge on any atom is -0.465 e. The summed E-state index contributed by atoms with van der Waals surface area (Å²) in [5.41, 5.74) is 4.80. The summed E-state index contributed by atoms with van der Waals surface area (Å²) in [7, 11) is 1.37. The van der Waals surface area contributed by atoms with Crippen LogP contribution in [0.3, 0.4) is 0 Å². The predicted octanol–water partition coefficient (Wildman–Crippen LogP) is 4.48.